The second-order valence-corrected chi connectivity index (χ2v) is 7.49. The number of Topliss-reactive ketones (excluding diaryl/α,β-unsaturated/α-hetero) is 2. The van der Waals surface area contributed by atoms with Crippen molar-refractivity contribution >= 4 is 46.1 Å². The van der Waals surface area contributed by atoms with Crippen LogP contribution in [0.25, 0.3) is 0 Å². The Bertz CT molecular complexity index is 1080. The van der Waals surface area contributed by atoms with E-state index in [4.69, 9.17) is 23.2 Å². The molecule has 1 heterocycles. The second-order valence-electron chi connectivity index (χ2n) is 6.71. The molecule has 1 aliphatic heterocycles. The van der Waals surface area contributed by atoms with E-state index in [0.717, 1.165) is 0 Å². The number of nitro groups is 1. The lowest BCUT2D eigenvalue weighted by molar-refractivity contribution is -0.384. The molecule has 0 atom stereocenters. The minimum absolute atomic E-state index is 0.0685. The van der Waals surface area contributed by atoms with Gasteiger partial charge in [-0.1, -0.05) is 53.5 Å². The van der Waals surface area contributed by atoms with E-state index in [9.17, 15) is 19.7 Å². The zero-order valence-electron chi connectivity index (χ0n) is 15.1. The first kappa shape index (κ1) is 19.4. The summed E-state index contributed by atoms with van der Waals surface area (Å²) in [5.74, 6) is -0.664. The van der Waals surface area contributed by atoms with Gasteiger partial charge >= 0.3 is 0 Å². The summed E-state index contributed by atoms with van der Waals surface area (Å²) < 4.78 is 0. The summed E-state index contributed by atoms with van der Waals surface area (Å²) in [5.41, 5.74) is 1.11. The van der Waals surface area contributed by atoms with E-state index in [1.54, 1.807) is 35.2 Å². The van der Waals surface area contributed by atoms with Crippen LogP contribution in [0.15, 0.2) is 53.2 Å². The second kappa shape index (κ2) is 7.50. The summed E-state index contributed by atoms with van der Waals surface area (Å²) in [6.45, 7) is 1.52. The summed E-state index contributed by atoms with van der Waals surface area (Å²) in [6.07, 6.45) is 0. The fourth-order valence-electron chi connectivity index (χ4n) is 3.73. The predicted molar refractivity (Wildman–Crippen MR) is 110 cm³/mol. The van der Waals surface area contributed by atoms with Crippen molar-refractivity contribution < 1.29 is 14.5 Å². The van der Waals surface area contributed by atoms with E-state index in [0.29, 0.717) is 48.0 Å². The summed E-state index contributed by atoms with van der Waals surface area (Å²) >= 11 is 12.5. The number of allylic oxidation sites excluding steroid dienone is 2. The molecule has 1 saturated heterocycles. The molecule has 29 heavy (non-hydrogen) atoms. The number of piperazine rings is 1. The van der Waals surface area contributed by atoms with Gasteiger partial charge in [0.2, 0.25) is 11.6 Å². The van der Waals surface area contributed by atoms with Crippen molar-refractivity contribution in [1.29, 1.82) is 0 Å². The van der Waals surface area contributed by atoms with Crippen molar-refractivity contribution in [1.82, 2.24) is 4.90 Å². The number of nitrogens with zero attached hydrogens (tertiary/aromatic N) is 3. The first-order valence-corrected chi connectivity index (χ1v) is 9.66. The Kier molecular flexibility index (Phi) is 5.02. The maximum atomic E-state index is 13.0. The number of carbonyl (C=O) groups excluding carboxylic acids is 2. The van der Waals surface area contributed by atoms with Gasteiger partial charge in [-0.15, -0.1) is 0 Å². The van der Waals surface area contributed by atoms with Gasteiger partial charge in [0.25, 0.3) is 5.69 Å². The highest BCUT2D eigenvalue weighted by Gasteiger charge is 2.36. The molecule has 2 aromatic carbocycles. The van der Waals surface area contributed by atoms with Gasteiger partial charge in [-0.2, -0.15) is 0 Å². The molecule has 2 aromatic rings. The van der Waals surface area contributed by atoms with Crippen LogP contribution >= 0.6 is 23.2 Å². The molecule has 1 aliphatic carbocycles. The number of ketones is 2. The lowest BCUT2D eigenvalue weighted by Crippen LogP contribution is -2.48. The van der Waals surface area contributed by atoms with Gasteiger partial charge < -0.3 is 9.80 Å². The highest BCUT2D eigenvalue weighted by Crippen LogP contribution is 2.37. The first-order valence-electron chi connectivity index (χ1n) is 8.91. The zero-order chi connectivity index (χ0) is 20.7. The van der Waals surface area contributed by atoms with E-state index in [1.807, 2.05) is 4.90 Å². The molecule has 0 unspecified atom stereocenters. The van der Waals surface area contributed by atoms with Crippen molar-refractivity contribution in [2.75, 3.05) is 31.1 Å². The number of nitro benzene ring substituents is 1. The number of halogens is 2. The van der Waals surface area contributed by atoms with Gasteiger partial charge in [-0.3, -0.25) is 19.7 Å². The molecular weight excluding hydrogens is 417 g/mol. The van der Waals surface area contributed by atoms with Crippen LogP contribution in [0.3, 0.4) is 0 Å². The highest BCUT2D eigenvalue weighted by atomic mass is 35.5. The molecule has 2 aliphatic rings. The maximum Gasteiger partial charge on any atom is 0.294 e. The molecule has 0 aromatic heterocycles. The number of anilines is 1. The maximum absolute atomic E-state index is 13.0. The molecule has 7 nitrogen and oxygen atoms in total. The molecule has 4 rings (SSSR count). The molecule has 0 radical (unpaired) electrons. The lowest BCUT2D eigenvalue weighted by atomic mass is 9.91. The van der Waals surface area contributed by atoms with E-state index in [2.05, 4.69) is 0 Å². The molecule has 0 amide bonds. The van der Waals surface area contributed by atoms with Crippen molar-refractivity contribution in [3.8, 4) is 0 Å². The number of para-hydroxylation sites is 1. The standard InChI is InChI=1S/C20H15Cl2N3O4/c21-14-6-3-7-15(25(28)29)17(14)23-8-10-24(11-9-23)18-16(22)19(26)12-4-1-2-5-13(12)20(18)27/h1-7H,8-11H2. The SMILES string of the molecule is O=C1C(Cl)=C(N2CCN(c3c(Cl)cccc3[N+](=O)[O-])CC2)C(=O)c2ccccc21. The van der Waals surface area contributed by atoms with Crippen LogP contribution in [0.5, 0.6) is 0 Å². The molecular formula is C20H15Cl2N3O4. The Labute approximate surface area is 176 Å². The van der Waals surface area contributed by atoms with Gasteiger partial charge in [0.05, 0.1) is 9.95 Å². The Morgan fingerprint density at radius 3 is 2.03 bits per heavy atom. The number of rotatable bonds is 3. The largest absolute Gasteiger partial charge is 0.363 e. The fourth-order valence-corrected chi connectivity index (χ4v) is 4.33. The van der Waals surface area contributed by atoms with E-state index < -0.39 is 4.92 Å². The minimum atomic E-state index is -0.465. The van der Waals surface area contributed by atoms with Crippen molar-refractivity contribution in [2.45, 2.75) is 0 Å². The quantitative estimate of drug-likeness (QED) is 0.541. The number of carbonyl (C=O) groups is 2. The normalized spacial score (nSPS) is 16.9. The van der Waals surface area contributed by atoms with Crippen LogP contribution in [0.1, 0.15) is 20.7 Å². The third kappa shape index (κ3) is 3.26. The van der Waals surface area contributed by atoms with Gasteiger partial charge in [0, 0.05) is 43.4 Å². The zero-order valence-corrected chi connectivity index (χ0v) is 16.6. The number of hydrogen-bond donors (Lipinski definition) is 0. The lowest BCUT2D eigenvalue weighted by Gasteiger charge is -2.39. The van der Waals surface area contributed by atoms with Crippen LogP contribution < -0.4 is 4.90 Å². The molecule has 9 heteroatoms. The van der Waals surface area contributed by atoms with Gasteiger partial charge in [-0.05, 0) is 6.07 Å². The average Bonchev–Trinajstić information content (AvgIpc) is 2.72. The third-order valence-electron chi connectivity index (χ3n) is 5.11. The van der Waals surface area contributed by atoms with E-state index in [1.165, 1.54) is 12.1 Å². The van der Waals surface area contributed by atoms with Crippen molar-refractivity contribution in [3.63, 3.8) is 0 Å². The Morgan fingerprint density at radius 2 is 1.41 bits per heavy atom. The smallest absolute Gasteiger partial charge is 0.294 e. The summed E-state index contributed by atoms with van der Waals surface area (Å²) in [7, 11) is 0. The topological polar surface area (TPSA) is 83.8 Å². The van der Waals surface area contributed by atoms with E-state index in [-0.39, 0.29) is 28.0 Å². The van der Waals surface area contributed by atoms with Gasteiger partial charge in [-0.25, -0.2) is 0 Å². The monoisotopic (exact) mass is 431 g/mol. The summed E-state index contributed by atoms with van der Waals surface area (Å²) in [6, 6.07) is 11.1. The Hall–Kier alpha value is -2.90. The number of hydrogen-bond acceptors (Lipinski definition) is 6. The Balaban J connectivity index is 1.60. The average molecular weight is 432 g/mol. The summed E-state index contributed by atoms with van der Waals surface area (Å²) in [5, 5.41) is 11.6. The van der Waals surface area contributed by atoms with Crippen LogP contribution in [0, 0.1) is 10.1 Å². The fraction of sp³-hybridized carbons (Fsp3) is 0.200. The summed E-state index contributed by atoms with van der Waals surface area (Å²) in [4.78, 5) is 40.0. The first-order chi connectivity index (χ1) is 13.9. The van der Waals surface area contributed by atoms with Crippen LogP contribution in [-0.2, 0) is 0 Å². The van der Waals surface area contributed by atoms with Gasteiger partial charge in [0.15, 0.2) is 0 Å². The van der Waals surface area contributed by atoms with Crippen molar-refractivity contribution in [2.24, 2.45) is 0 Å². The molecule has 0 bridgehead atoms. The Morgan fingerprint density at radius 1 is 0.828 bits per heavy atom. The molecule has 0 N–H and O–H groups in total. The van der Waals surface area contributed by atoms with E-state index >= 15 is 0 Å². The number of fused-ring (bicyclic) bond motifs is 1. The molecule has 148 valence electrons. The van der Waals surface area contributed by atoms with Crippen molar-refractivity contribution in [3.05, 3.63) is 79.5 Å². The minimum Gasteiger partial charge on any atom is -0.363 e. The molecule has 0 saturated carbocycles. The van der Waals surface area contributed by atoms with Gasteiger partial charge in [0.1, 0.15) is 16.4 Å². The number of benzene rings is 2. The molecule has 1 fully saturated rings. The van der Waals surface area contributed by atoms with Crippen LogP contribution in [0.4, 0.5) is 11.4 Å². The van der Waals surface area contributed by atoms with Crippen LogP contribution in [-0.4, -0.2) is 47.6 Å². The predicted octanol–water partition coefficient (Wildman–Crippen LogP) is 3.90. The third-order valence-corrected chi connectivity index (χ3v) is 5.77. The molecule has 0 spiro atoms. The van der Waals surface area contributed by atoms with Crippen LogP contribution in [0.2, 0.25) is 5.02 Å². The highest BCUT2D eigenvalue weighted by molar-refractivity contribution is 6.49.